The number of esters is 1. The van der Waals surface area contributed by atoms with Crippen LogP contribution in [-0.4, -0.2) is 26.3 Å². The Morgan fingerprint density at radius 1 is 1.57 bits per heavy atom. The number of ether oxygens (including phenoxy) is 2. The Kier molecular flexibility index (Phi) is 5.30. The van der Waals surface area contributed by atoms with Crippen molar-refractivity contribution < 1.29 is 14.3 Å². The molecule has 0 amide bonds. The standard InChI is InChI=1S/C11H18O3/c1-13-11(12)7-3-2-5-10-6-4-8-14-9-10/h2-3,10H,4-9H2,1H3/b3-2-. The number of hydrogen-bond donors (Lipinski definition) is 0. The largest absolute Gasteiger partial charge is 0.469 e. The fourth-order valence-electron chi connectivity index (χ4n) is 1.54. The summed E-state index contributed by atoms with van der Waals surface area (Å²) in [6.45, 7) is 1.77. The second-order valence-corrected chi connectivity index (χ2v) is 3.57. The van der Waals surface area contributed by atoms with Gasteiger partial charge >= 0.3 is 5.97 Å². The van der Waals surface area contributed by atoms with E-state index < -0.39 is 0 Å². The van der Waals surface area contributed by atoms with Crippen LogP contribution in [-0.2, 0) is 14.3 Å². The molecule has 1 rings (SSSR count). The van der Waals surface area contributed by atoms with Crippen molar-refractivity contribution in [1.29, 1.82) is 0 Å². The van der Waals surface area contributed by atoms with Crippen LogP contribution in [0.5, 0.6) is 0 Å². The number of rotatable bonds is 4. The third-order valence-corrected chi connectivity index (χ3v) is 2.40. The fraction of sp³-hybridized carbons (Fsp3) is 0.727. The maximum Gasteiger partial charge on any atom is 0.309 e. The molecule has 0 saturated carbocycles. The Hall–Kier alpha value is -0.830. The molecular formula is C11H18O3. The van der Waals surface area contributed by atoms with E-state index in [4.69, 9.17) is 4.74 Å². The SMILES string of the molecule is COC(=O)C/C=C\CC1CCCOC1. The Labute approximate surface area is 85.1 Å². The maximum atomic E-state index is 10.8. The Morgan fingerprint density at radius 3 is 3.07 bits per heavy atom. The zero-order chi connectivity index (χ0) is 10.2. The highest BCUT2D eigenvalue weighted by atomic mass is 16.5. The lowest BCUT2D eigenvalue weighted by Crippen LogP contribution is -2.16. The fourth-order valence-corrected chi connectivity index (χ4v) is 1.54. The summed E-state index contributed by atoms with van der Waals surface area (Å²) in [5.74, 6) is 0.457. The van der Waals surface area contributed by atoms with E-state index in [-0.39, 0.29) is 5.97 Å². The van der Waals surface area contributed by atoms with Gasteiger partial charge in [0.1, 0.15) is 0 Å². The molecule has 0 aromatic heterocycles. The third-order valence-electron chi connectivity index (χ3n) is 2.40. The topological polar surface area (TPSA) is 35.5 Å². The lowest BCUT2D eigenvalue weighted by atomic mass is 9.98. The average molecular weight is 198 g/mol. The summed E-state index contributed by atoms with van der Waals surface area (Å²) in [6, 6.07) is 0. The lowest BCUT2D eigenvalue weighted by Gasteiger charge is -2.20. The summed E-state index contributed by atoms with van der Waals surface area (Å²) < 4.78 is 9.88. The number of carbonyl (C=O) groups excluding carboxylic acids is 1. The third kappa shape index (κ3) is 4.42. The molecule has 0 bridgehead atoms. The molecule has 3 heteroatoms. The van der Waals surface area contributed by atoms with Crippen LogP contribution in [0.15, 0.2) is 12.2 Å². The quantitative estimate of drug-likeness (QED) is 0.511. The van der Waals surface area contributed by atoms with E-state index in [0.29, 0.717) is 12.3 Å². The number of methoxy groups -OCH3 is 1. The first-order valence-electron chi connectivity index (χ1n) is 5.12. The summed E-state index contributed by atoms with van der Waals surface area (Å²) in [7, 11) is 1.41. The molecule has 0 aliphatic carbocycles. The van der Waals surface area contributed by atoms with Gasteiger partial charge in [0.15, 0.2) is 0 Å². The molecule has 0 radical (unpaired) electrons. The minimum Gasteiger partial charge on any atom is -0.469 e. The van der Waals surface area contributed by atoms with E-state index in [1.165, 1.54) is 13.5 Å². The van der Waals surface area contributed by atoms with Crippen molar-refractivity contribution in [2.24, 2.45) is 5.92 Å². The van der Waals surface area contributed by atoms with E-state index in [1.54, 1.807) is 0 Å². The van der Waals surface area contributed by atoms with Crippen molar-refractivity contribution in [2.75, 3.05) is 20.3 Å². The smallest absolute Gasteiger partial charge is 0.309 e. The predicted octanol–water partition coefficient (Wildman–Crippen LogP) is 1.92. The molecule has 1 fully saturated rings. The van der Waals surface area contributed by atoms with Crippen LogP contribution in [0, 0.1) is 5.92 Å². The second-order valence-electron chi connectivity index (χ2n) is 3.57. The van der Waals surface area contributed by atoms with Crippen molar-refractivity contribution in [2.45, 2.75) is 25.7 Å². The Morgan fingerprint density at radius 2 is 2.43 bits per heavy atom. The molecule has 1 heterocycles. The molecule has 80 valence electrons. The van der Waals surface area contributed by atoms with E-state index in [2.05, 4.69) is 10.8 Å². The van der Waals surface area contributed by atoms with Gasteiger partial charge in [0.05, 0.1) is 13.5 Å². The first-order valence-corrected chi connectivity index (χ1v) is 5.12. The first kappa shape index (κ1) is 11.2. The van der Waals surface area contributed by atoms with Crippen LogP contribution >= 0.6 is 0 Å². The minimum absolute atomic E-state index is 0.179. The van der Waals surface area contributed by atoms with Crippen molar-refractivity contribution >= 4 is 5.97 Å². The summed E-state index contributed by atoms with van der Waals surface area (Å²) >= 11 is 0. The van der Waals surface area contributed by atoms with Gasteiger partial charge in [-0.05, 0) is 25.2 Å². The van der Waals surface area contributed by atoms with Gasteiger partial charge < -0.3 is 9.47 Å². The average Bonchev–Trinajstić information content (AvgIpc) is 2.25. The van der Waals surface area contributed by atoms with E-state index in [9.17, 15) is 4.79 Å². The Balaban J connectivity index is 2.09. The highest BCUT2D eigenvalue weighted by Crippen LogP contribution is 2.17. The summed E-state index contributed by atoms with van der Waals surface area (Å²) in [5.41, 5.74) is 0. The lowest BCUT2D eigenvalue weighted by molar-refractivity contribution is -0.139. The monoisotopic (exact) mass is 198 g/mol. The van der Waals surface area contributed by atoms with Crippen molar-refractivity contribution in [3.63, 3.8) is 0 Å². The number of allylic oxidation sites excluding steroid dienone is 1. The summed E-state index contributed by atoms with van der Waals surface area (Å²) in [6.07, 6.45) is 7.72. The normalized spacial score (nSPS) is 22.5. The van der Waals surface area contributed by atoms with Gasteiger partial charge in [-0.1, -0.05) is 12.2 Å². The van der Waals surface area contributed by atoms with Gasteiger partial charge in [-0.15, -0.1) is 0 Å². The van der Waals surface area contributed by atoms with Crippen LogP contribution in [0.1, 0.15) is 25.7 Å². The molecule has 14 heavy (non-hydrogen) atoms. The van der Waals surface area contributed by atoms with Gasteiger partial charge in [-0.25, -0.2) is 0 Å². The zero-order valence-electron chi connectivity index (χ0n) is 8.70. The number of hydrogen-bond acceptors (Lipinski definition) is 3. The van der Waals surface area contributed by atoms with Gasteiger partial charge in [-0.2, -0.15) is 0 Å². The molecule has 1 atom stereocenters. The predicted molar refractivity (Wildman–Crippen MR) is 53.9 cm³/mol. The van der Waals surface area contributed by atoms with Crippen molar-refractivity contribution in [3.05, 3.63) is 12.2 Å². The van der Waals surface area contributed by atoms with Crippen LogP contribution in [0.2, 0.25) is 0 Å². The molecule has 0 N–H and O–H groups in total. The van der Waals surface area contributed by atoms with Crippen molar-refractivity contribution in [3.8, 4) is 0 Å². The van der Waals surface area contributed by atoms with Gasteiger partial charge in [0.2, 0.25) is 0 Å². The van der Waals surface area contributed by atoms with Crippen molar-refractivity contribution in [1.82, 2.24) is 0 Å². The molecule has 1 aliphatic heterocycles. The molecule has 3 nitrogen and oxygen atoms in total. The minimum atomic E-state index is -0.179. The van der Waals surface area contributed by atoms with E-state index in [0.717, 1.165) is 26.1 Å². The molecule has 1 saturated heterocycles. The van der Waals surface area contributed by atoms with Gasteiger partial charge in [0, 0.05) is 13.2 Å². The van der Waals surface area contributed by atoms with Gasteiger partial charge in [0.25, 0.3) is 0 Å². The summed E-state index contributed by atoms with van der Waals surface area (Å²) in [4.78, 5) is 10.8. The van der Waals surface area contributed by atoms with Crippen LogP contribution in [0.25, 0.3) is 0 Å². The molecule has 0 aromatic rings. The number of carbonyl (C=O) groups is 1. The molecular weight excluding hydrogens is 180 g/mol. The first-order chi connectivity index (χ1) is 6.83. The van der Waals surface area contributed by atoms with Crippen LogP contribution in [0.3, 0.4) is 0 Å². The second kappa shape index (κ2) is 6.60. The zero-order valence-corrected chi connectivity index (χ0v) is 8.70. The highest BCUT2D eigenvalue weighted by molar-refractivity contribution is 5.70. The Bertz CT molecular complexity index is 193. The molecule has 0 spiro atoms. The molecule has 1 unspecified atom stereocenters. The molecule has 1 aliphatic rings. The van der Waals surface area contributed by atoms with E-state index >= 15 is 0 Å². The van der Waals surface area contributed by atoms with Crippen LogP contribution in [0.4, 0.5) is 0 Å². The summed E-state index contributed by atoms with van der Waals surface area (Å²) in [5, 5.41) is 0. The van der Waals surface area contributed by atoms with Crippen LogP contribution < -0.4 is 0 Å². The highest BCUT2D eigenvalue weighted by Gasteiger charge is 2.11. The molecule has 0 aromatic carbocycles. The maximum absolute atomic E-state index is 10.8. The van der Waals surface area contributed by atoms with Gasteiger partial charge in [-0.3, -0.25) is 4.79 Å². The van der Waals surface area contributed by atoms with E-state index in [1.807, 2.05) is 6.08 Å².